The summed E-state index contributed by atoms with van der Waals surface area (Å²) >= 11 is 1.33. The van der Waals surface area contributed by atoms with Crippen LogP contribution >= 0.6 is 12.2 Å². The van der Waals surface area contributed by atoms with Crippen LogP contribution in [0, 0.1) is 0 Å². The minimum absolute atomic E-state index is 0.152. The van der Waals surface area contributed by atoms with E-state index in [1.807, 2.05) is 48.6 Å². The second kappa shape index (κ2) is 17.3. The van der Waals surface area contributed by atoms with E-state index in [0.29, 0.717) is 25.4 Å². The van der Waals surface area contributed by atoms with Gasteiger partial charge in [0.1, 0.15) is 18.0 Å². The number of hydrogen-bond acceptors (Lipinski definition) is 6. The normalized spacial score (nSPS) is 14.3. The lowest BCUT2D eigenvalue weighted by Crippen LogP contribution is -2.24. The molecule has 0 bridgehead atoms. The van der Waals surface area contributed by atoms with Crippen molar-refractivity contribution in [1.82, 2.24) is 4.90 Å². The monoisotopic (exact) mass is 596 g/mol. The maximum Gasteiger partial charge on any atom is 0.121 e. The largest absolute Gasteiger partial charge is 0.513 e. The molecule has 1 aliphatic rings. The van der Waals surface area contributed by atoms with Crippen molar-refractivity contribution in [2.45, 2.75) is 45.4 Å². The standard InChI is InChI=1S/C37H44N2O3S/c1-4-14-33-24-23-32(37(30-16-8-6-9-17-30)31-18-10-7-11-19-31)29-39(33)25-27-42-43-38(3)34-20-12-22-36(28-34)41-26-13-21-35(40)15-5-2/h6-12,14-20,22-24,28-29,37,40H,4-5,13,21,25-27H2,1-3H3/b33-14-,35-15-. The number of rotatable bonds is 16. The fourth-order valence-corrected chi connectivity index (χ4v) is 5.55. The van der Waals surface area contributed by atoms with E-state index in [1.165, 1.54) is 34.6 Å². The molecular weight excluding hydrogens is 552 g/mol. The Kier molecular flexibility index (Phi) is 12.9. The molecular formula is C37H44N2O3S. The molecule has 0 radical (unpaired) electrons. The summed E-state index contributed by atoms with van der Waals surface area (Å²) < 4.78 is 14.0. The van der Waals surface area contributed by atoms with E-state index in [1.54, 1.807) is 0 Å². The topological polar surface area (TPSA) is 45.2 Å². The summed E-state index contributed by atoms with van der Waals surface area (Å²) in [5, 5.41) is 9.79. The molecule has 0 fully saturated rings. The summed E-state index contributed by atoms with van der Waals surface area (Å²) in [6.45, 7) is 6.03. The van der Waals surface area contributed by atoms with Gasteiger partial charge in [-0.25, -0.2) is 0 Å². The lowest BCUT2D eigenvalue weighted by Gasteiger charge is -2.30. The third kappa shape index (κ3) is 9.84. The van der Waals surface area contributed by atoms with Crippen LogP contribution in [0.3, 0.4) is 0 Å². The van der Waals surface area contributed by atoms with Gasteiger partial charge < -0.3 is 14.7 Å². The van der Waals surface area contributed by atoms with E-state index in [9.17, 15) is 5.11 Å². The van der Waals surface area contributed by atoms with Crippen molar-refractivity contribution < 1.29 is 14.0 Å². The summed E-state index contributed by atoms with van der Waals surface area (Å²) in [5.41, 5.74) is 6.00. The molecule has 0 amide bonds. The predicted octanol–water partition coefficient (Wildman–Crippen LogP) is 9.60. The Hall–Kier alpha value is -3.87. The summed E-state index contributed by atoms with van der Waals surface area (Å²) in [5.74, 6) is 1.39. The van der Waals surface area contributed by atoms with Crippen LogP contribution in [0.15, 0.2) is 132 Å². The Morgan fingerprint density at radius 1 is 0.907 bits per heavy atom. The first-order valence-electron chi connectivity index (χ1n) is 15.2. The maximum absolute atomic E-state index is 9.79. The molecule has 3 aromatic carbocycles. The molecule has 6 heteroatoms. The van der Waals surface area contributed by atoms with Crippen LogP contribution in [0.25, 0.3) is 0 Å². The molecule has 0 saturated heterocycles. The molecule has 0 spiro atoms. The van der Waals surface area contributed by atoms with Crippen molar-refractivity contribution in [1.29, 1.82) is 0 Å². The molecule has 0 aliphatic carbocycles. The third-order valence-corrected chi connectivity index (χ3v) is 7.85. The van der Waals surface area contributed by atoms with Crippen LogP contribution in [0.5, 0.6) is 5.75 Å². The van der Waals surface area contributed by atoms with Crippen LogP contribution in [-0.2, 0) is 4.18 Å². The molecule has 0 saturated carbocycles. The quantitative estimate of drug-likeness (QED) is 0.0769. The van der Waals surface area contributed by atoms with Gasteiger partial charge in [-0.15, -0.1) is 0 Å². The lowest BCUT2D eigenvalue weighted by molar-refractivity contribution is 0.295. The fourth-order valence-electron chi connectivity index (χ4n) is 5.05. The highest BCUT2D eigenvalue weighted by Gasteiger charge is 2.21. The molecule has 1 N–H and O–H groups in total. The zero-order chi connectivity index (χ0) is 30.3. The van der Waals surface area contributed by atoms with Crippen LogP contribution in [0.2, 0.25) is 0 Å². The second-order valence-corrected chi connectivity index (χ2v) is 11.3. The van der Waals surface area contributed by atoms with Gasteiger partial charge in [0, 0.05) is 43.9 Å². The maximum atomic E-state index is 9.79. The number of aliphatic hydroxyl groups is 1. The van der Waals surface area contributed by atoms with Gasteiger partial charge in [-0.2, -0.15) is 0 Å². The number of anilines is 1. The molecule has 0 aromatic heterocycles. The van der Waals surface area contributed by atoms with Crippen LogP contribution in [0.4, 0.5) is 5.69 Å². The molecule has 1 heterocycles. The number of ether oxygens (including phenoxy) is 1. The van der Waals surface area contributed by atoms with Crippen LogP contribution in [0.1, 0.15) is 56.6 Å². The van der Waals surface area contributed by atoms with Crippen molar-refractivity contribution in [3.05, 3.63) is 144 Å². The number of allylic oxidation sites excluding steroid dienone is 6. The van der Waals surface area contributed by atoms with Crippen molar-refractivity contribution in [3.8, 4) is 5.75 Å². The van der Waals surface area contributed by atoms with Gasteiger partial charge in [-0.05, 0) is 60.2 Å². The molecule has 3 aromatic rings. The first-order chi connectivity index (χ1) is 21.1. The number of benzene rings is 3. The zero-order valence-corrected chi connectivity index (χ0v) is 26.4. The molecule has 1 aliphatic heterocycles. The molecule has 0 atom stereocenters. The van der Waals surface area contributed by atoms with E-state index in [0.717, 1.165) is 37.2 Å². The lowest BCUT2D eigenvalue weighted by atomic mass is 9.84. The van der Waals surface area contributed by atoms with Crippen LogP contribution < -0.4 is 9.04 Å². The molecule has 226 valence electrons. The number of aliphatic hydroxyl groups excluding tert-OH is 1. The average molecular weight is 597 g/mol. The van der Waals surface area contributed by atoms with E-state index < -0.39 is 0 Å². The van der Waals surface area contributed by atoms with E-state index in [2.05, 4.69) is 96.9 Å². The third-order valence-electron chi connectivity index (χ3n) is 7.14. The first kappa shape index (κ1) is 32.1. The second-order valence-electron chi connectivity index (χ2n) is 10.4. The van der Waals surface area contributed by atoms with Gasteiger partial charge in [-0.3, -0.25) is 8.49 Å². The summed E-state index contributed by atoms with van der Waals surface area (Å²) in [7, 11) is 1.99. The van der Waals surface area contributed by atoms with Gasteiger partial charge in [0.2, 0.25) is 0 Å². The van der Waals surface area contributed by atoms with Gasteiger partial charge in [0.25, 0.3) is 0 Å². The molecule has 0 unspecified atom stereocenters. The Balaban J connectivity index is 1.35. The summed E-state index contributed by atoms with van der Waals surface area (Å²) in [4.78, 5) is 2.31. The smallest absolute Gasteiger partial charge is 0.121 e. The molecule has 4 rings (SSSR count). The SMILES string of the molecule is CC/C=C(\O)CCCOc1cccc(N(C)SOCCN2C=C(C(c3ccccc3)c3ccccc3)C=C/C2=C/CC)c1. The Morgan fingerprint density at radius 2 is 1.63 bits per heavy atom. The van der Waals surface area contributed by atoms with Crippen molar-refractivity contribution in [2.24, 2.45) is 0 Å². The highest BCUT2D eigenvalue weighted by Crippen LogP contribution is 2.35. The highest BCUT2D eigenvalue weighted by molar-refractivity contribution is 7.96. The van der Waals surface area contributed by atoms with Crippen molar-refractivity contribution in [2.75, 3.05) is 31.1 Å². The number of nitrogens with zero attached hydrogens (tertiary/aromatic N) is 2. The van der Waals surface area contributed by atoms with Crippen molar-refractivity contribution in [3.63, 3.8) is 0 Å². The Labute approximate surface area is 262 Å². The molecule has 43 heavy (non-hydrogen) atoms. The average Bonchev–Trinajstić information content (AvgIpc) is 3.04. The van der Waals surface area contributed by atoms with Gasteiger partial charge in [0.05, 0.1) is 24.7 Å². The summed E-state index contributed by atoms with van der Waals surface area (Å²) in [6.07, 6.45) is 14.1. The zero-order valence-electron chi connectivity index (χ0n) is 25.6. The Bertz CT molecular complexity index is 1350. The fraction of sp³-hybridized carbons (Fsp3) is 0.297. The summed E-state index contributed by atoms with van der Waals surface area (Å²) in [6, 6.07) is 29.4. The molecule has 5 nitrogen and oxygen atoms in total. The van der Waals surface area contributed by atoms with E-state index in [4.69, 9.17) is 8.92 Å². The van der Waals surface area contributed by atoms with E-state index in [-0.39, 0.29) is 5.92 Å². The predicted molar refractivity (Wildman–Crippen MR) is 181 cm³/mol. The van der Waals surface area contributed by atoms with Gasteiger partial charge in [-0.1, -0.05) is 92.7 Å². The first-order valence-corrected chi connectivity index (χ1v) is 15.9. The van der Waals surface area contributed by atoms with E-state index >= 15 is 0 Å². The minimum atomic E-state index is 0.152. The van der Waals surface area contributed by atoms with Crippen LogP contribution in [-0.4, -0.2) is 36.8 Å². The minimum Gasteiger partial charge on any atom is -0.513 e. The van der Waals surface area contributed by atoms with Crippen molar-refractivity contribution >= 4 is 17.9 Å². The van der Waals surface area contributed by atoms with Gasteiger partial charge >= 0.3 is 0 Å². The highest BCUT2D eigenvalue weighted by atomic mass is 32.2. The van der Waals surface area contributed by atoms with Gasteiger partial charge in [0.15, 0.2) is 0 Å². The Morgan fingerprint density at radius 3 is 2.30 bits per heavy atom. The number of hydrogen-bond donors (Lipinski definition) is 1.